The van der Waals surface area contributed by atoms with Crippen molar-refractivity contribution in [1.29, 1.82) is 0 Å². The number of carbonyl (C=O) groups excluding carboxylic acids is 1. The van der Waals surface area contributed by atoms with Crippen LogP contribution in [0.2, 0.25) is 0 Å². The Bertz CT molecular complexity index is 210. The van der Waals surface area contributed by atoms with E-state index in [1.807, 2.05) is 13.8 Å². The maximum atomic E-state index is 11.9. The normalized spacial score (nSPS) is 17.7. The first-order chi connectivity index (χ1) is 7.65. The molecule has 3 heteroatoms. The highest BCUT2D eigenvalue weighted by molar-refractivity contribution is 5.77. The van der Waals surface area contributed by atoms with Crippen LogP contribution in [0.25, 0.3) is 0 Å². The Labute approximate surface area is 98.6 Å². The quantitative estimate of drug-likeness (QED) is 0.731. The third kappa shape index (κ3) is 3.48. The Hall–Kier alpha value is -0.570. The van der Waals surface area contributed by atoms with E-state index >= 15 is 0 Å². The smallest absolute Gasteiger partial charge is 0.220 e. The molecule has 1 aliphatic rings. The molecular formula is C13H25NO2. The Morgan fingerprint density at radius 3 is 2.31 bits per heavy atom. The van der Waals surface area contributed by atoms with Crippen LogP contribution in [0.5, 0.6) is 0 Å². The molecule has 0 unspecified atom stereocenters. The standard InChI is InChI=1S/C13H25NO2/c1-3-13(4-2,10-15)14-12(16)9-11-7-5-6-8-11/h11,15H,3-10H2,1-2H3,(H,14,16). The molecule has 0 aromatic carbocycles. The van der Waals surface area contributed by atoms with Crippen molar-refractivity contribution in [3.05, 3.63) is 0 Å². The molecule has 2 N–H and O–H groups in total. The number of rotatable bonds is 6. The zero-order valence-corrected chi connectivity index (χ0v) is 10.6. The van der Waals surface area contributed by atoms with Crippen LogP contribution in [-0.4, -0.2) is 23.2 Å². The van der Waals surface area contributed by atoms with Crippen LogP contribution < -0.4 is 5.32 Å². The van der Waals surface area contributed by atoms with Gasteiger partial charge >= 0.3 is 0 Å². The fraction of sp³-hybridized carbons (Fsp3) is 0.923. The van der Waals surface area contributed by atoms with E-state index in [0.717, 1.165) is 12.8 Å². The summed E-state index contributed by atoms with van der Waals surface area (Å²) in [5.41, 5.74) is -0.393. The molecule has 94 valence electrons. The van der Waals surface area contributed by atoms with Crippen LogP contribution in [0, 0.1) is 5.92 Å². The van der Waals surface area contributed by atoms with Crippen molar-refractivity contribution in [2.75, 3.05) is 6.61 Å². The number of hydrogen-bond donors (Lipinski definition) is 2. The van der Waals surface area contributed by atoms with Crippen molar-refractivity contribution in [2.24, 2.45) is 5.92 Å². The number of carbonyl (C=O) groups is 1. The summed E-state index contributed by atoms with van der Waals surface area (Å²) in [6, 6.07) is 0. The van der Waals surface area contributed by atoms with Gasteiger partial charge in [-0.1, -0.05) is 26.7 Å². The van der Waals surface area contributed by atoms with Crippen molar-refractivity contribution >= 4 is 5.91 Å². The molecule has 0 saturated heterocycles. The van der Waals surface area contributed by atoms with Gasteiger partial charge in [0, 0.05) is 6.42 Å². The van der Waals surface area contributed by atoms with Crippen LogP contribution in [0.3, 0.4) is 0 Å². The average Bonchev–Trinajstić information content (AvgIpc) is 2.79. The third-order valence-electron chi connectivity index (χ3n) is 4.01. The van der Waals surface area contributed by atoms with Gasteiger partial charge in [-0.25, -0.2) is 0 Å². The van der Waals surface area contributed by atoms with E-state index in [1.54, 1.807) is 0 Å². The fourth-order valence-corrected chi connectivity index (χ4v) is 2.51. The van der Waals surface area contributed by atoms with Gasteiger partial charge in [-0.3, -0.25) is 4.79 Å². The zero-order chi connectivity index (χ0) is 12.0. The third-order valence-corrected chi connectivity index (χ3v) is 4.01. The molecule has 1 amide bonds. The Morgan fingerprint density at radius 1 is 1.31 bits per heavy atom. The molecule has 0 aliphatic heterocycles. The number of amides is 1. The van der Waals surface area contributed by atoms with Gasteiger partial charge in [-0.15, -0.1) is 0 Å². The van der Waals surface area contributed by atoms with Gasteiger partial charge < -0.3 is 10.4 Å². The first kappa shape index (κ1) is 13.5. The first-order valence-electron chi connectivity index (χ1n) is 6.57. The maximum Gasteiger partial charge on any atom is 0.220 e. The minimum absolute atomic E-state index is 0.0381. The lowest BCUT2D eigenvalue weighted by atomic mass is 9.93. The van der Waals surface area contributed by atoms with E-state index in [9.17, 15) is 9.90 Å². The van der Waals surface area contributed by atoms with Gasteiger partial charge in [-0.05, 0) is 31.6 Å². The monoisotopic (exact) mass is 227 g/mol. The topological polar surface area (TPSA) is 49.3 Å². The molecule has 0 spiro atoms. The Morgan fingerprint density at radius 2 is 1.88 bits per heavy atom. The summed E-state index contributed by atoms with van der Waals surface area (Å²) in [7, 11) is 0. The van der Waals surface area contributed by atoms with Crippen molar-refractivity contribution in [3.63, 3.8) is 0 Å². The fourth-order valence-electron chi connectivity index (χ4n) is 2.51. The molecule has 1 rings (SSSR count). The number of aliphatic hydroxyl groups is 1. The predicted molar refractivity (Wildman–Crippen MR) is 65.1 cm³/mol. The molecule has 0 bridgehead atoms. The lowest BCUT2D eigenvalue weighted by Gasteiger charge is -2.31. The predicted octanol–water partition coefficient (Wildman–Crippen LogP) is 2.23. The van der Waals surface area contributed by atoms with Crippen molar-refractivity contribution in [3.8, 4) is 0 Å². The van der Waals surface area contributed by atoms with Crippen LogP contribution in [0.1, 0.15) is 58.8 Å². The minimum atomic E-state index is -0.393. The molecule has 0 radical (unpaired) electrons. The molecule has 0 aromatic rings. The highest BCUT2D eigenvalue weighted by Crippen LogP contribution is 2.27. The van der Waals surface area contributed by atoms with Crippen molar-refractivity contribution < 1.29 is 9.90 Å². The Kier molecular flexibility index (Phi) is 5.26. The maximum absolute atomic E-state index is 11.9. The second kappa shape index (κ2) is 6.24. The molecular weight excluding hydrogens is 202 g/mol. The lowest BCUT2D eigenvalue weighted by Crippen LogP contribution is -2.50. The van der Waals surface area contributed by atoms with Gasteiger partial charge in [0.05, 0.1) is 12.1 Å². The van der Waals surface area contributed by atoms with E-state index < -0.39 is 5.54 Å². The molecule has 1 aliphatic carbocycles. The van der Waals surface area contributed by atoms with E-state index in [4.69, 9.17) is 0 Å². The van der Waals surface area contributed by atoms with Crippen molar-refractivity contribution in [1.82, 2.24) is 5.32 Å². The number of aliphatic hydroxyl groups excluding tert-OH is 1. The molecule has 0 atom stereocenters. The van der Waals surface area contributed by atoms with Crippen LogP contribution in [-0.2, 0) is 4.79 Å². The second-order valence-electron chi connectivity index (χ2n) is 5.05. The number of nitrogens with one attached hydrogen (secondary N) is 1. The van der Waals surface area contributed by atoms with Crippen LogP contribution in [0.15, 0.2) is 0 Å². The van der Waals surface area contributed by atoms with Gasteiger partial charge in [0.25, 0.3) is 0 Å². The summed E-state index contributed by atoms with van der Waals surface area (Å²) in [5.74, 6) is 0.690. The molecule has 0 heterocycles. The average molecular weight is 227 g/mol. The van der Waals surface area contributed by atoms with Crippen LogP contribution >= 0.6 is 0 Å². The SMILES string of the molecule is CCC(CC)(CO)NC(=O)CC1CCCC1. The first-order valence-corrected chi connectivity index (χ1v) is 6.57. The molecule has 1 fully saturated rings. The summed E-state index contributed by atoms with van der Waals surface area (Å²) in [6.07, 6.45) is 7.14. The van der Waals surface area contributed by atoms with E-state index in [2.05, 4.69) is 5.32 Å². The lowest BCUT2D eigenvalue weighted by molar-refractivity contribution is -0.124. The summed E-state index contributed by atoms with van der Waals surface area (Å²) < 4.78 is 0. The van der Waals surface area contributed by atoms with Crippen molar-refractivity contribution in [2.45, 2.75) is 64.3 Å². The second-order valence-corrected chi connectivity index (χ2v) is 5.05. The summed E-state index contributed by atoms with van der Waals surface area (Å²) in [6.45, 7) is 4.06. The van der Waals surface area contributed by atoms with Gasteiger partial charge in [0.2, 0.25) is 5.91 Å². The zero-order valence-electron chi connectivity index (χ0n) is 10.6. The summed E-state index contributed by atoms with van der Waals surface area (Å²) >= 11 is 0. The largest absolute Gasteiger partial charge is 0.394 e. The van der Waals surface area contributed by atoms with Gasteiger partial charge in [-0.2, -0.15) is 0 Å². The molecule has 3 nitrogen and oxygen atoms in total. The Balaban J connectivity index is 2.41. The van der Waals surface area contributed by atoms with E-state index in [1.165, 1.54) is 25.7 Å². The van der Waals surface area contributed by atoms with E-state index in [0.29, 0.717) is 12.3 Å². The van der Waals surface area contributed by atoms with E-state index in [-0.39, 0.29) is 12.5 Å². The molecule has 0 aromatic heterocycles. The summed E-state index contributed by atoms with van der Waals surface area (Å²) in [5, 5.41) is 12.4. The highest BCUT2D eigenvalue weighted by Gasteiger charge is 2.28. The number of hydrogen-bond acceptors (Lipinski definition) is 2. The minimum Gasteiger partial charge on any atom is -0.394 e. The van der Waals surface area contributed by atoms with Gasteiger partial charge in [0.1, 0.15) is 0 Å². The molecule has 1 saturated carbocycles. The van der Waals surface area contributed by atoms with Crippen LogP contribution in [0.4, 0.5) is 0 Å². The summed E-state index contributed by atoms with van der Waals surface area (Å²) in [4.78, 5) is 11.9. The van der Waals surface area contributed by atoms with Gasteiger partial charge in [0.15, 0.2) is 0 Å². The highest BCUT2D eigenvalue weighted by atomic mass is 16.3. The molecule has 16 heavy (non-hydrogen) atoms.